The van der Waals surface area contributed by atoms with Gasteiger partial charge in [-0.05, 0) is 63.1 Å². The van der Waals surface area contributed by atoms with Crippen LogP contribution in [0.5, 0.6) is 5.75 Å². The van der Waals surface area contributed by atoms with Gasteiger partial charge in [-0.15, -0.1) is 5.10 Å². The van der Waals surface area contributed by atoms with E-state index in [4.69, 9.17) is 10.5 Å². The number of carbonyl (C=O) groups is 2. The fourth-order valence-electron chi connectivity index (χ4n) is 3.29. The van der Waals surface area contributed by atoms with Gasteiger partial charge in [0.15, 0.2) is 5.82 Å². The van der Waals surface area contributed by atoms with E-state index in [1.165, 1.54) is 12.1 Å². The van der Waals surface area contributed by atoms with Crippen molar-refractivity contribution in [2.75, 3.05) is 5.32 Å². The molecule has 1 heterocycles. The highest BCUT2D eigenvalue weighted by molar-refractivity contribution is 6.14. The molecule has 0 unspecified atom stereocenters. The molecule has 2 aromatic carbocycles. The summed E-state index contributed by atoms with van der Waals surface area (Å²) in [5, 5.41) is 7.88. The van der Waals surface area contributed by atoms with Crippen LogP contribution in [0.1, 0.15) is 26.7 Å². The molecule has 0 spiro atoms. The Morgan fingerprint density at radius 2 is 1.90 bits per heavy atom. The second-order valence-electron chi connectivity index (χ2n) is 7.45. The van der Waals surface area contributed by atoms with Crippen molar-refractivity contribution in [3.05, 3.63) is 48.3 Å². The molecule has 0 aliphatic heterocycles. The van der Waals surface area contributed by atoms with E-state index in [9.17, 15) is 14.0 Å². The predicted molar refractivity (Wildman–Crippen MR) is 106 cm³/mol. The van der Waals surface area contributed by atoms with Crippen LogP contribution in [0, 0.1) is 11.2 Å². The van der Waals surface area contributed by atoms with Gasteiger partial charge < -0.3 is 15.8 Å². The number of rotatable bonds is 6. The van der Waals surface area contributed by atoms with Crippen LogP contribution in [0.4, 0.5) is 10.2 Å². The number of hydrogen-bond acceptors (Lipinski definition) is 4. The fourth-order valence-corrected chi connectivity index (χ4v) is 3.29. The van der Waals surface area contributed by atoms with E-state index in [0.717, 1.165) is 0 Å². The Hall–Kier alpha value is -3.42. The predicted octanol–water partition coefficient (Wildman–Crippen LogP) is 3.16. The quantitative estimate of drug-likeness (QED) is 0.625. The minimum Gasteiger partial charge on any atom is -0.490 e. The highest BCUT2D eigenvalue weighted by Crippen LogP contribution is 2.46. The van der Waals surface area contributed by atoms with Gasteiger partial charge in [-0.1, -0.05) is 6.07 Å². The van der Waals surface area contributed by atoms with Gasteiger partial charge in [-0.25, -0.2) is 9.07 Å². The van der Waals surface area contributed by atoms with E-state index >= 15 is 0 Å². The number of anilines is 1. The molecular formula is C21H21FN4O3. The highest BCUT2D eigenvalue weighted by atomic mass is 19.1. The number of aromatic nitrogens is 2. The van der Waals surface area contributed by atoms with Gasteiger partial charge in [-0.2, -0.15) is 0 Å². The zero-order valence-electron chi connectivity index (χ0n) is 16.1. The normalized spacial score (nSPS) is 14.8. The maximum atomic E-state index is 13.4. The van der Waals surface area contributed by atoms with Crippen molar-refractivity contribution in [3.8, 4) is 11.4 Å². The molecule has 1 saturated carbocycles. The van der Waals surface area contributed by atoms with Gasteiger partial charge in [-0.3, -0.25) is 9.59 Å². The summed E-state index contributed by atoms with van der Waals surface area (Å²) >= 11 is 0. The minimum atomic E-state index is -1.18. The number of fused-ring (bicyclic) bond motifs is 1. The Kier molecular flexibility index (Phi) is 4.49. The lowest BCUT2D eigenvalue weighted by atomic mass is 10.1. The number of carbonyl (C=O) groups excluding carboxylic acids is 2. The summed E-state index contributed by atoms with van der Waals surface area (Å²) in [4.78, 5) is 24.5. The third-order valence-corrected chi connectivity index (χ3v) is 4.99. The first-order chi connectivity index (χ1) is 13.8. The largest absolute Gasteiger partial charge is 0.490 e. The highest BCUT2D eigenvalue weighted by Gasteiger charge is 2.55. The number of benzene rings is 2. The number of hydrogen-bond donors (Lipinski definition) is 2. The Balaban J connectivity index is 1.85. The summed E-state index contributed by atoms with van der Waals surface area (Å²) in [6.45, 7) is 3.79. The molecule has 29 heavy (non-hydrogen) atoms. The van der Waals surface area contributed by atoms with Gasteiger partial charge in [0, 0.05) is 0 Å². The maximum absolute atomic E-state index is 13.4. The molecule has 8 heteroatoms. The van der Waals surface area contributed by atoms with Gasteiger partial charge in [0.25, 0.3) is 0 Å². The topological polar surface area (TPSA) is 99.2 Å². The molecule has 3 aromatic rings. The van der Waals surface area contributed by atoms with Crippen molar-refractivity contribution in [1.29, 1.82) is 0 Å². The first-order valence-corrected chi connectivity index (χ1v) is 9.37. The number of nitrogens with zero attached hydrogens (tertiary/aromatic N) is 2. The second kappa shape index (κ2) is 6.88. The Morgan fingerprint density at radius 3 is 2.48 bits per heavy atom. The summed E-state index contributed by atoms with van der Waals surface area (Å²) in [5.41, 5.74) is 5.53. The molecule has 1 aliphatic carbocycles. The van der Waals surface area contributed by atoms with Gasteiger partial charge >= 0.3 is 0 Å². The van der Waals surface area contributed by atoms with Crippen LogP contribution >= 0.6 is 0 Å². The Bertz CT molecular complexity index is 1100. The summed E-state index contributed by atoms with van der Waals surface area (Å²) in [7, 11) is 0. The number of nitrogens with two attached hydrogens (primary N) is 1. The maximum Gasteiger partial charge on any atom is 0.241 e. The monoisotopic (exact) mass is 396 g/mol. The lowest BCUT2D eigenvalue weighted by Crippen LogP contribution is -2.36. The molecule has 0 radical (unpaired) electrons. The molecule has 4 rings (SSSR count). The van der Waals surface area contributed by atoms with Crippen LogP contribution in [0.2, 0.25) is 0 Å². The third-order valence-electron chi connectivity index (χ3n) is 4.99. The summed E-state index contributed by atoms with van der Waals surface area (Å²) < 4.78 is 20.9. The zero-order chi connectivity index (χ0) is 20.8. The molecule has 0 atom stereocenters. The average molecular weight is 396 g/mol. The van der Waals surface area contributed by atoms with E-state index in [-0.39, 0.29) is 17.7 Å². The standard InChI is InChI=1S/C21H21FN4O3/c1-12(2)29-16-5-3-4-15-17(16)18(24-20(28)21(10-11-21)19(23)27)25-26(15)14-8-6-13(22)7-9-14/h3-9,12H,10-11H2,1-2H3,(H2,23,27)(H,24,25,28). The lowest BCUT2D eigenvalue weighted by Gasteiger charge is -2.13. The molecule has 3 N–H and O–H groups in total. The molecule has 1 fully saturated rings. The first kappa shape index (κ1) is 18.9. The van der Waals surface area contributed by atoms with E-state index < -0.39 is 17.2 Å². The van der Waals surface area contributed by atoms with Gasteiger partial charge in [0.1, 0.15) is 17.0 Å². The molecule has 0 saturated heterocycles. The third kappa shape index (κ3) is 3.30. The average Bonchev–Trinajstić information content (AvgIpc) is 3.41. The first-order valence-electron chi connectivity index (χ1n) is 9.37. The van der Waals surface area contributed by atoms with Crippen molar-refractivity contribution in [2.45, 2.75) is 32.8 Å². The van der Waals surface area contributed by atoms with Crippen LogP contribution in [0.15, 0.2) is 42.5 Å². The van der Waals surface area contributed by atoms with Crippen molar-refractivity contribution in [1.82, 2.24) is 9.78 Å². The van der Waals surface area contributed by atoms with Gasteiger partial charge in [0.2, 0.25) is 11.8 Å². The molecule has 1 aliphatic rings. The Labute approximate surface area is 166 Å². The number of primary amides is 1. The number of ether oxygens (including phenoxy) is 1. The van der Waals surface area contributed by atoms with Crippen molar-refractivity contribution in [3.63, 3.8) is 0 Å². The molecule has 0 bridgehead atoms. The Morgan fingerprint density at radius 1 is 1.21 bits per heavy atom. The summed E-state index contributed by atoms with van der Waals surface area (Å²) in [6, 6.07) is 11.3. The summed E-state index contributed by atoms with van der Waals surface area (Å²) in [6.07, 6.45) is 0.735. The minimum absolute atomic E-state index is 0.0984. The van der Waals surface area contributed by atoms with Crippen molar-refractivity contribution in [2.24, 2.45) is 11.1 Å². The lowest BCUT2D eigenvalue weighted by molar-refractivity contribution is -0.132. The molecule has 7 nitrogen and oxygen atoms in total. The van der Waals surface area contributed by atoms with E-state index in [0.29, 0.717) is 35.2 Å². The summed E-state index contributed by atoms with van der Waals surface area (Å²) in [5.74, 6) is -0.672. The molecule has 1 aromatic heterocycles. The van der Waals surface area contributed by atoms with Crippen LogP contribution in [0.25, 0.3) is 16.6 Å². The van der Waals surface area contributed by atoms with Crippen LogP contribution in [0.3, 0.4) is 0 Å². The smallest absolute Gasteiger partial charge is 0.241 e. The van der Waals surface area contributed by atoms with Crippen LogP contribution < -0.4 is 15.8 Å². The molecule has 2 amide bonds. The van der Waals surface area contributed by atoms with Crippen LogP contribution in [-0.2, 0) is 9.59 Å². The van der Waals surface area contributed by atoms with Crippen LogP contribution in [-0.4, -0.2) is 27.7 Å². The van der Waals surface area contributed by atoms with Crippen molar-refractivity contribution >= 4 is 28.5 Å². The number of nitrogens with one attached hydrogen (secondary N) is 1. The van der Waals surface area contributed by atoms with E-state index in [1.807, 2.05) is 26.0 Å². The SMILES string of the molecule is CC(C)Oc1cccc2c1c(NC(=O)C1(C(N)=O)CC1)nn2-c1ccc(F)cc1. The van der Waals surface area contributed by atoms with Crippen molar-refractivity contribution < 1.29 is 18.7 Å². The van der Waals surface area contributed by atoms with E-state index in [2.05, 4.69) is 10.4 Å². The second-order valence-corrected chi connectivity index (χ2v) is 7.45. The zero-order valence-corrected chi connectivity index (χ0v) is 16.1. The number of amides is 2. The molecule has 150 valence electrons. The molecular weight excluding hydrogens is 375 g/mol. The van der Waals surface area contributed by atoms with Gasteiger partial charge in [0.05, 0.1) is 22.7 Å². The number of halogens is 1. The fraction of sp³-hybridized carbons (Fsp3) is 0.286. The van der Waals surface area contributed by atoms with E-state index in [1.54, 1.807) is 22.9 Å².